The number of fused-ring (bicyclic) bond motifs is 1. The van der Waals surface area contributed by atoms with Crippen LogP contribution in [0.15, 0.2) is 29.1 Å². The zero-order valence-electron chi connectivity index (χ0n) is 13.0. The molecule has 1 aliphatic rings. The van der Waals surface area contributed by atoms with Crippen molar-refractivity contribution < 1.29 is 17.9 Å². The number of aromatic nitrogens is 1. The van der Waals surface area contributed by atoms with Crippen LogP contribution in [0.4, 0.5) is 4.39 Å². The predicted molar refractivity (Wildman–Crippen MR) is 89.1 cm³/mol. The van der Waals surface area contributed by atoms with Crippen molar-refractivity contribution in [1.29, 1.82) is 0 Å². The largest absolute Gasteiger partial charge is 0.395 e. The van der Waals surface area contributed by atoms with Gasteiger partial charge in [0.15, 0.2) is 15.3 Å². The molecule has 2 N–H and O–H groups in total. The zero-order chi connectivity index (χ0) is 17.3. The van der Waals surface area contributed by atoms with Gasteiger partial charge in [-0.3, -0.25) is 9.69 Å². The third-order valence-electron chi connectivity index (χ3n) is 4.33. The molecule has 1 aromatic carbocycles. The first-order valence-electron chi connectivity index (χ1n) is 7.75. The summed E-state index contributed by atoms with van der Waals surface area (Å²) in [6.45, 7) is 0.548. The maximum Gasteiger partial charge on any atom is 0.189 e. The Bertz CT molecular complexity index is 910. The molecule has 6 nitrogen and oxygen atoms in total. The number of H-pyrrole nitrogens is 1. The van der Waals surface area contributed by atoms with Crippen molar-refractivity contribution in [1.82, 2.24) is 9.88 Å². The predicted octanol–water partition coefficient (Wildman–Crippen LogP) is 0.649. The highest BCUT2D eigenvalue weighted by Gasteiger charge is 2.32. The summed E-state index contributed by atoms with van der Waals surface area (Å²) in [4.78, 5) is 17.1. The summed E-state index contributed by atoms with van der Waals surface area (Å²) >= 11 is 0. The van der Waals surface area contributed by atoms with Crippen LogP contribution in [0.3, 0.4) is 0 Å². The van der Waals surface area contributed by atoms with E-state index in [9.17, 15) is 22.7 Å². The van der Waals surface area contributed by atoms with E-state index in [1.807, 2.05) is 4.90 Å². The topological polar surface area (TPSA) is 90.5 Å². The molecule has 1 fully saturated rings. The van der Waals surface area contributed by atoms with Crippen LogP contribution in [0.1, 0.15) is 12.1 Å². The van der Waals surface area contributed by atoms with Crippen LogP contribution in [0, 0.1) is 5.82 Å². The lowest BCUT2D eigenvalue weighted by Crippen LogP contribution is -2.38. The fourth-order valence-electron chi connectivity index (χ4n) is 3.16. The van der Waals surface area contributed by atoms with Gasteiger partial charge in [-0.05, 0) is 24.6 Å². The van der Waals surface area contributed by atoms with E-state index in [4.69, 9.17) is 0 Å². The Kier molecular flexibility index (Phi) is 4.71. The number of pyridine rings is 1. The van der Waals surface area contributed by atoms with Crippen molar-refractivity contribution in [2.24, 2.45) is 0 Å². The van der Waals surface area contributed by atoms with E-state index in [2.05, 4.69) is 4.98 Å². The molecule has 1 aromatic heterocycles. The maximum atomic E-state index is 13.3. The molecule has 0 unspecified atom stereocenters. The third-order valence-corrected chi connectivity index (χ3v) is 6.08. The van der Waals surface area contributed by atoms with Gasteiger partial charge in [-0.1, -0.05) is 0 Å². The van der Waals surface area contributed by atoms with Crippen LogP contribution in [0.25, 0.3) is 10.9 Å². The van der Waals surface area contributed by atoms with E-state index in [-0.39, 0.29) is 35.0 Å². The van der Waals surface area contributed by atoms with Crippen molar-refractivity contribution >= 4 is 20.7 Å². The van der Waals surface area contributed by atoms with Gasteiger partial charge >= 0.3 is 0 Å². The SMILES string of the molecule is O=c1cc(CN(CCO)[C@H]2CCS(=O)(=O)C2)[nH]c2ccc(F)cc12. The van der Waals surface area contributed by atoms with Gasteiger partial charge in [-0.2, -0.15) is 0 Å². The molecule has 1 aliphatic heterocycles. The molecule has 0 amide bonds. The highest BCUT2D eigenvalue weighted by atomic mass is 32.2. The number of hydrogen-bond acceptors (Lipinski definition) is 5. The Balaban J connectivity index is 1.88. The first-order chi connectivity index (χ1) is 11.4. The van der Waals surface area contributed by atoms with Gasteiger partial charge in [-0.25, -0.2) is 12.8 Å². The molecule has 1 saturated heterocycles. The number of nitrogens with one attached hydrogen (secondary N) is 1. The molecular weight excluding hydrogens is 335 g/mol. The molecule has 0 radical (unpaired) electrons. The van der Waals surface area contributed by atoms with E-state index in [1.165, 1.54) is 24.3 Å². The number of aliphatic hydroxyl groups is 1. The Morgan fingerprint density at radius 2 is 2.12 bits per heavy atom. The molecule has 8 heteroatoms. The number of halogens is 1. The summed E-state index contributed by atoms with van der Waals surface area (Å²) in [5.74, 6) is -0.262. The fraction of sp³-hybridized carbons (Fsp3) is 0.438. The number of hydrogen-bond donors (Lipinski definition) is 2. The molecule has 1 atom stereocenters. The normalized spacial score (nSPS) is 20.0. The van der Waals surface area contributed by atoms with Gasteiger partial charge in [-0.15, -0.1) is 0 Å². The van der Waals surface area contributed by atoms with Crippen molar-refractivity contribution in [3.05, 3.63) is 46.0 Å². The number of aromatic amines is 1. The number of aliphatic hydroxyl groups excluding tert-OH is 1. The number of sulfone groups is 1. The quantitative estimate of drug-likeness (QED) is 0.823. The van der Waals surface area contributed by atoms with Crippen molar-refractivity contribution in [3.63, 3.8) is 0 Å². The van der Waals surface area contributed by atoms with Crippen LogP contribution < -0.4 is 5.43 Å². The van der Waals surface area contributed by atoms with Crippen LogP contribution in [-0.4, -0.2) is 54.1 Å². The van der Waals surface area contributed by atoms with Gasteiger partial charge in [0, 0.05) is 41.8 Å². The third kappa shape index (κ3) is 3.66. The van der Waals surface area contributed by atoms with Gasteiger partial charge in [0.1, 0.15) is 5.82 Å². The summed E-state index contributed by atoms with van der Waals surface area (Å²) in [6, 6.07) is 5.20. The minimum absolute atomic E-state index is 0.0655. The minimum Gasteiger partial charge on any atom is -0.395 e. The average molecular weight is 354 g/mol. The van der Waals surface area contributed by atoms with E-state index >= 15 is 0 Å². The molecule has 2 heterocycles. The smallest absolute Gasteiger partial charge is 0.189 e. The van der Waals surface area contributed by atoms with Crippen molar-refractivity contribution in [2.45, 2.75) is 19.0 Å². The second kappa shape index (κ2) is 6.62. The number of nitrogens with zero attached hydrogens (tertiary/aromatic N) is 1. The Labute approximate surface area is 138 Å². The first-order valence-corrected chi connectivity index (χ1v) is 9.57. The lowest BCUT2D eigenvalue weighted by Gasteiger charge is -2.27. The highest BCUT2D eigenvalue weighted by Crippen LogP contribution is 2.20. The lowest BCUT2D eigenvalue weighted by molar-refractivity contribution is 0.152. The monoisotopic (exact) mass is 354 g/mol. The molecule has 0 spiro atoms. The van der Waals surface area contributed by atoms with Crippen LogP contribution in [-0.2, 0) is 16.4 Å². The lowest BCUT2D eigenvalue weighted by atomic mass is 10.1. The van der Waals surface area contributed by atoms with Crippen LogP contribution >= 0.6 is 0 Å². The molecule has 2 aromatic rings. The summed E-state index contributed by atoms with van der Waals surface area (Å²) in [5.41, 5.74) is 0.847. The number of benzene rings is 1. The maximum absolute atomic E-state index is 13.3. The molecular formula is C16H19FN2O4S. The van der Waals surface area contributed by atoms with E-state index in [0.717, 1.165) is 0 Å². The number of rotatable bonds is 5. The van der Waals surface area contributed by atoms with E-state index < -0.39 is 15.7 Å². The summed E-state index contributed by atoms with van der Waals surface area (Å²) in [6.07, 6.45) is 0.519. The highest BCUT2D eigenvalue weighted by molar-refractivity contribution is 7.91. The van der Waals surface area contributed by atoms with Crippen LogP contribution in [0.2, 0.25) is 0 Å². The molecule has 130 valence electrons. The minimum atomic E-state index is -3.04. The second-order valence-corrected chi connectivity index (χ2v) is 8.33. The first kappa shape index (κ1) is 17.1. The molecule has 0 aliphatic carbocycles. The molecule has 3 rings (SSSR count). The summed E-state index contributed by atoms with van der Waals surface area (Å²) in [7, 11) is -3.04. The Morgan fingerprint density at radius 1 is 1.33 bits per heavy atom. The molecule has 0 bridgehead atoms. The zero-order valence-corrected chi connectivity index (χ0v) is 13.9. The second-order valence-electron chi connectivity index (χ2n) is 6.10. The van der Waals surface area contributed by atoms with E-state index in [0.29, 0.717) is 30.7 Å². The average Bonchev–Trinajstić information content (AvgIpc) is 2.88. The van der Waals surface area contributed by atoms with Crippen LogP contribution in [0.5, 0.6) is 0 Å². The van der Waals surface area contributed by atoms with Crippen molar-refractivity contribution in [3.8, 4) is 0 Å². The van der Waals surface area contributed by atoms with Crippen molar-refractivity contribution in [2.75, 3.05) is 24.7 Å². The molecule has 24 heavy (non-hydrogen) atoms. The van der Waals surface area contributed by atoms with Gasteiger partial charge < -0.3 is 10.1 Å². The standard InChI is InChI=1S/C16H19FN2O4S/c17-11-1-2-15-14(7-11)16(21)8-12(18-15)9-19(4-5-20)13-3-6-24(22,23)10-13/h1-2,7-8,13,20H,3-6,9-10H2,(H,18,21)/t13-/m0/s1. The fourth-order valence-corrected chi connectivity index (χ4v) is 4.92. The van der Waals surface area contributed by atoms with E-state index in [1.54, 1.807) is 0 Å². The Morgan fingerprint density at radius 3 is 2.79 bits per heavy atom. The Hall–Kier alpha value is -1.77. The molecule has 0 saturated carbocycles. The van der Waals surface area contributed by atoms with Gasteiger partial charge in [0.2, 0.25) is 0 Å². The summed E-state index contributed by atoms with van der Waals surface area (Å²) < 4.78 is 36.6. The van der Waals surface area contributed by atoms with Gasteiger partial charge in [0.25, 0.3) is 0 Å². The van der Waals surface area contributed by atoms with Gasteiger partial charge in [0.05, 0.1) is 18.1 Å². The summed E-state index contributed by atoms with van der Waals surface area (Å²) in [5, 5.41) is 9.53.